The summed E-state index contributed by atoms with van der Waals surface area (Å²) in [5.74, 6) is 0. The Morgan fingerprint density at radius 1 is 1.35 bits per heavy atom. The van der Waals surface area contributed by atoms with E-state index in [1.807, 2.05) is 44.3 Å². The van der Waals surface area contributed by atoms with Crippen LogP contribution in [0.1, 0.15) is 18.5 Å². The van der Waals surface area contributed by atoms with Crippen LogP contribution >= 0.6 is 0 Å². The molecule has 1 heterocycles. The second-order valence-corrected chi connectivity index (χ2v) is 4.23. The zero-order chi connectivity index (χ0) is 12.4. The molecular formula is C14H16N2O. The number of benzene rings is 1. The Hall–Kier alpha value is -1.99. The van der Waals surface area contributed by atoms with Crippen LogP contribution in [-0.2, 0) is 0 Å². The van der Waals surface area contributed by atoms with Gasteiger partial charge in [-0.05, 0) is 12.5 Å². The van der Waals surface area contributed by atoms with Gasteiger partial charge in [-0.15, -0.1) is 5.73 Å². The van der Waals surface area contributed by atoms with E-state index in [4.69, 9.17) is 0 Å². The largest absolute Gasteiger partial charge is 0.325 e. The van der Waals surface area contributed by atoms with Crippen molar-refractivity contribution in [2.45, 2.75) is 19.0 Å². The summed E-state index contributed by atoms with van der Waals surface area (Å²) in [5, 5.41) is 0. The predicted octanol–water partition coefficient (Wildman–Crippen LogP) is 2.78. The highest BCUT2D eigenvalue weighted by molar-refractivity contribution is 5.79. The molecule has 1 aromatic carbocycles. The third-order valence-corrected chi connectivity index (χ3v) is 3.26. The first-order chi connectivity index (χ1) is 8.16. The number of hydrogen-bond acceptors (Lipinski definition) is 1. The maximum absolute atomic E-state index is 12.0. The van der Waals surface area contributed by atoms with Gasteiger partial charge in [-0.1, -0.05) is 36.9 Å². The average Bonchev–Trinajstić information content (AvgIpc) is 2.56. The summed E-state index contributed by atoms with van der Waals surface area (Å²) in [4.78, 5) is 15.5. The van der Waals surface area contributed by atoms with E-state index in [2.05, 4.69) is 12.3 Å². The van der Waals surface area contributed by atoms with Gasteiger partial charge in [0.1, 0.15) is 0 Å². The number of amides is 2. The SMILES string of the molecule is C=C=CN1C(=O)N(C)[C@@H](C)[C@H]1c1ccccc1. The molecule has 1 saturated heterocycles. The fourth-order valence-electron chi connectivity index (χ4n) is 2.24. The molecule has 2 rings (SSSR count). The molecule has 2 amide bonds. The lowest BCUT2D eigenvalue weighted by atomic mass is 10.0. The number of urea groups is 1. The Labute approximate surface area is 102 Å². The fourth-order valence-corrected chi connectivity index (χ4v) is 2.24. The monoisotopic (exact) mass is 228 g/mol. The average molecular weight is 228 g/mol. The van der Waals surface area contributed by atoms with Gasteiger partial charge in [-0.25, -0.2) is 4.79 Å². The molecule has 0 saturated carbocycles. The molecule has 3 nitrogen and oxygen atoms in total. The van der Waals surface area contributed by atoms with Gasteiger partial charge in [0.15, 0.2) is 0 Å². The van der Waals surface area contributed by atoms with Crippen LogP contribution in [0.25, 0.3) is 0 Å². The summed E-state index contributed by atoms with van der Waals surface area (Å²) in [5.41, 5.74) is 3.81. The Morgan fingerprint density at radius 2 is 2.00 bits per heavy atom. The van der Waals surface area contributed by atoms with Crippen molar-refractivity contribution in [3.05, 3.63) is 54.4 Å². The highest BCUT2D eigenvalue weighted by Crippen LogP contribution is 2.34. The van der Waals surface area contributed by atoms with Crippen LogP contribution in [0.15, 0.2) is 48.8 Å². The molecule has 2 atom stereocenters. The lowest BCUT2D eigenvalue weighted by molar-refractivity contribution is 0.204. The van der Waals surface area contributed by atoms with Gasteiger partial charge >= 0.3 is 6.03 Å². The number of hydrogen-bond donors (Lipinski definition) is 0. The van der Waals surface area contributed by atoms with Crippen LogP contribution in [0, 0.1) is 0 Å². The van der Waals surface area contributed by atoms with E-state index in [-0.39, 0.29) is 18.1 Å². The third-order valence-electron chi connectivity index (χ3n) is 3.26. The van der Waals surface area contributed by atoms with Gasteiger partial charge < -0.3 is 4.90 Å². The molecule has 0 aromatic heterocycles. The number of likely N-dealkylation sites (N-methyl/N-ethyl adjacent to an activating group) is 1. The number of carbonyl (C=O) groups excluding carboxylic acids is 1. The third kappa shape index (κ3) is 1.85. The summed E-state index contributed by atoms with van der Waals surface area (Å²) in [7, 11) is 1.82. The van der Waals surface area contributed by atoms with Crippen LogP contribution in [0.4, 0.5) is 4.79 Å². The quantitative estimate of drug-likeness (QED) is 0.714. The van der Waals surface area contributed by atoms with Crippen molar-refractivity contribution in [1.82, 2.24) is 9.80 Å². The Bertz CT molecular complexity index is 462. The molecule has 3 heteroatoms. The van der Waals surface area contributed by atoms with E-state index in [0.717, 1.165) is 5.56 Å². The Kier molecular flexibility index (Phi) is 3.03. The number of carbonyl (C=O) groups is 1. The number of nitrogens with zero attached hydrogens (tertiary/aromatic N) is 2. The molecule has 1 aliphatic rings. The van der Waals surface area contributed by atoms with Crippen molar-refractivity contribution in [3.8, 4) is 0 Å². The van der Waals surface area contributed by atoms with Crippen molar-refractivity contribution in [3.63, 3.8) is 0 Å². The highest BCUT2D eigenvalue weighted by Gasteiger charge is 2.40. The van der Waals surface area contributed by atoms with Gasteiger partial charge in [0, 0.05) is 7.05 Å². The molecule has 1 fully saturated rings. The smallest absolute Gasteiger partial charge is 0.322 e. The van der Waals surface area contributed by atoms with Crippen LogP contribution < -0.4 is 0 Å². The molecule has 0 radical (unpaired) electrons. The summed E-state index contributed by atoms with van der Waals surface area (Å²) in [6.45, 7) is 5.59. The second kappa shape index (κ2) is 4.48. The maximum Gasteiger partial charge on any atom is 0.325 e. The van der Waals surface area contributed by atoms with Crippen LogP contribution in [0.5, 0.6) is 0 Å². The summed E-state index contributed by atoms with van der Waals surface area (Å²) in [6.07, 6.45) is 1.62. The molecule has 0 unspecified atom stereocenters. The maximum atomic E-state index is 12.0. The topological polar surface area (TPSA) is 23.6 Å². The van der Waals surface area contributed by atoms with Crippen LogP contribution in [-0.4, -0.2) is 28.9 Å². The van der Waals surface area contributed by atoms with E-state index in [1.54, 1.807) is 16.0 Å². The van der Waals surface area contributed by atoms with Gasteiger partial charge in [0.25, 0.3) is 0 Å². The van der Waals surface area contributed by atoms with Gasteiger partial charge in [0.05, 0.1) is 18.3 Å². The normalized spacial score (nSPS) is 23.8. The second-order valence-electron chi connectivity index (χ2n) is 4.23. The Morgan fingerprint density at radius 3 is 2.59 bits per heavy atom. The standard InChI is InChI=1S/C14H16N2O/c1-4-10-16-13(11(2)15(3)14(16)17)12-8-6-5-7-9-12/h5-11,13H,1H2,2-3H3/t11-,13-/m0/s1. The number of rotatable bonds is 2. The minimum Gasteiger partial charge on any atom is -0.322 e. The highest BCUT2D eigenvalue weighted by atomic mass is 16.2. The van der Waals surface area contributed by atoms with Gasteiger partial charge in [-0.3, -0.25) is 4.90 Å². The zero-order valence-corrected chi connectivity index (χ0v) is 10.1. The molecular weight excluding hydrogens is 212 g/mol. The molecule has 88 valence electrons. The van der Waals surface area contributed by atoms with Gasteiger partial charge in [-0.2, -0.15) is 0 Å². The lowest BCUT2D eigenvalue weighted by Gasteiger charge is -2.22. The Balaban J connectivity index is 2.43. The lowest BCUT2D eigenvalue weighted by Crippen LogP contribution is -2.28. The minimum atomic E-state index is -0.0116. The summed E-state index contributed by atoms with van der Waals surface area (Å²) < 4.78 is 0. The zero-order valence-electron chi connectivity index (χ0n) is 10.1. The van der Waals surface area contributed by atoms with E-state index in [0.29, 0.717) is 0 Å². The molecule has 1 aromatic rings. The fraction of sp³-hybridized carbons (Fsp3) is 0.286. The molecule has 0 aliphatic carbocycles. The molecule has 17 heavy (non-hydrogen) atoms. The molecule has 0 N–H and O–H groups in total. The van der Waals surface area contributed by atoms with E-state index in [1.165, 1.54) is 0 Å². The molecule has 0 spiro atoms. The first-order valence-corrected chi connectivity index (χ1v) is 5.63. The first-order valence-electron chi connectivity index (χ1n) is 5.63. The first kappa shape index (κ1) is 11.5. The van der Waals surface area contributed by atoms with E-state index < -0.39 is 0 Å². The van der Waals surface area contributed by atoms with Crippen molar-refractivity contribution in [2.75, 3.05) is 7.05 Å². The minimum absolute atomic E-state index is 0.0116. The van der Waals surface area contributed by atoms with E-state index in [9.17, 15) is 4.79 Å². The predicted molar refractivity (Wildman–Crippen MR) is 67.4 cm³/mol. The van der Waals surface area contributed by atoms with Crippen molar-refractivity contribution < 1.29 is 4.79 Å². The molecule has 0 bridgehead atoms. The van der Waals surface area contributed by atoms with Crippen molar-refractivity contribution in [1.29, 1.82) is 0 Å². The van der Waals surface area contributed by atoms with Crippen molar-refractivity contribution in [2.24, 2.45) is 0 Å². The van der Waals surface area contributed by atoms with Crippen LogP contribution in [0.2, 0.25) is 0 Å². The molecule has 1 aliphatic heterocycles. The van der Waals surface area contributed by atoms with Crippen LogP contribution in [0.3, 0.4) is 0 Å². The summed E-state index contributed by atoms with van der Waals surface area (Å²) in [6, 6.07) is 10.2. The van der Waals surface area contributed by atoms with Gasteiger partial charge in [0.2, 0.25) is 0 Å². The van der Waals surface area contributed by atoms with E-state index >= 15 is 0 Å². The van der Waals surface area contributed by atoms with Crippen molar-refractivity contribution >= 4 is 6.03 Å². The summed E-state index contributed by atoms with van der Waals surface area (Å²) >= 11 is 0.